The molecule has 0 saturated carbocycles. The molecule has 29 heavy (non-hydrogen) atoms. The second-order valence-corrected chi connectivity index (χ2v) is 6.94. The number of hydrogen-bond donors (Lipinski definition) is 1. The lowest BCUT2D eigenvalue weighted by Gasteiger charge is -2.14. The first-order chi connectivity index (χ1) is 13.9. The van der Waals surface area contributed by atoms with E-state index < -0.39 is 4.92 Å². The van der Waals surface area contributed by atoms with Crippen molar-refractivity contribution < 1.29 is 14.5 Å². The van der Waals surface area contributed by atoms with Crippen LogP contribution in [0.15, 0.2) is 66.7 Å². The van der Waals surface area contributed by atoms with E-state index in [1.54, 1.807) is 43.3 Å². The molecule has 7 heteroatoms. The van der Waals surface area contributed by atoms with E-state index in [0.717, 1.165) is 5.56 Å². The summed E-state index contributed by atoms with van der Waals surface area (Å²) in [7, 11) is 0. The lowest BCUT2D eigenvalue weighted by molar-refractivity contribution is -0.496. The average molecular weight is 411 g/mol. The van der Waals surface area contributed by atoms with E-state index >= 15 is 0 Å². The lowest BCUT2D eigenvalue weighted by atomic mass is 10.0. The number of aryl methyl sites for hydroxylation is 1. The molecule has 0 radical (unpaired) electrons. The monoisotopic (exact) mass is 410 g/mol. The molecular weight excluding hydrogens is 392 g/mol. The molecule has 3 rings (SSSR count). The molecule has 3 aromatic carbocycles. The summed E-state index contributed by atoms with van der Waals surface area (Å²) in [5, 5.41) is 14.0. The van der Waals surface area contributed by atoms with Crippen molar-refractivity contribution in [2.75, 3.05) is 5.32 Å². The molecule has 1 amide bonds. The SMILES string of the molecule is Cc1cc(C(=O)Nc2ccc(Cl)cc2OCc2ccccc2)ccc1C[N+](=O)[O-]. The minimum Gasteiger partial charge on any atom is -0.487 e. The number of nitro groups is 1. The molecule has 0 aromatic heterocycles. The van der Waals surface area contributed by atoms with Crippen LogP contribution in [0.5, 0.6) is 5.75 Å². The number of anilines is 1. The maximum absolute atomic E-state index is 12.7. The number of hydrogen-bond acceptors (Lipinski definition) is 4. The minimum atomic E-state index is -0.397. The third kappa shape index (κ3) is 5.56. The van der Waals surface area contributed by atoms with E-state index in [4.69, 9.17) is 16.3 Å². The number of carbonyl (C=O) groups is 1. The van der Waals surface area contributed by atoms with Gasteiger partial charge in [-0.15, -0.1) is 0 Å². The summed E-state index contributed by atoms with van der Waals surface area (Å²) in [4.78, 5) is 23.0. The van der Waals surface area contributed by atoms with Crippen molar-refractivity contribution in [2.45, 2.75) is 20.1 Å². The van der Waals surface area contributed by atoms with Crippen LogP contribution in [0.4, 0.5) is 5.69 Å². The molecule has 0 bridgehead atoms. The Kier molecular flexibility index (Phi) is 6.46. The zero-order valence-electron chi connectivity index (χ0n) is 15.7. The number of amides is 1. The first kappa shape index (κ1) is 20.4. The topological polar surface area (TPSA) is 81.5 Å². The van der Waals surface area contributed by atoms with E-state index in [1.165, 1.54) is 0 Å². The number of halogens is 1. The summed E-state index contributed by atoms with van der Waals surface area (Å²) in [5.41, 5.74) is 3.14. The van der Waals surface area contributed by atoms with Gasteiger partial charge in [0.1, 0.15) is 12.4 Å². The van der Waals surface area contributed by atoms with Crippen LogP contribution >= 0.6 is 11.6 Å². The standard InChI is InChI=1S/C22H19ClN2O4/c1-15-11-17(7-8-18(15)13-25(27)28)22(26)24-20-10-9-19(23)12-21(20)29-14-16-5-3-2-4-6-16/h2-12H,13-14H2,1H3,(H,24,26). The van der Waals surface area contributed by atoms with E-state index in [1.807, 2.05) is 30.3 Å². The average Bonchev–Trinajstić information content (AvgIpc) is 2.70. The van der Waals surface area contributed by atoms with Gasteiger partial charge < -0.3 is 10.1 Å². The number of ether oxygens (including phenoxy) is 1. The van der Waals surface area contributed by atoms with Gasteiger partial charge >= 0.3 is 0 Å². The van der Waals surface area contributed by atoms with E-state index in [9.17, 15) is 14.9 Å². The molecule has 3 aromatic rings. The maximum Gasteiger partial charge on any atom is 0.255 e. The molecule has 1 N–H and O–H groups in total. The first-order valence-electron chi connectivity index (χ1n) is 8.91. The Balaban J connectivity index is 1.76. The second-order valence-electron chi connectivity index (χ2n) is 6.50. The van der Waals surface area contributed by atoms with Crippen molar-refractivity contribution in [1.82, 2.24) is 0 Å². The van der Waals surface area contributed by atoms with Crippen molar-refractivity contribution in [2.24, 2.45) is 0 Å². The molecule has 0 fully saturated rings. The highest BCUT2D eigenvalue weighted by Gasteiger charge is 2.13. The molecule has 0 heterocycles. The van der Waals surface area contributed by atoms with Crippen LogP contribution in [0.2, 0.25) is 5.02 Å². The Morgan fingerprint density at radius 1 is 1.10 bits per heavy atom. The second kappa shape index (κ2) is 9.21. The van der Waals surface area contributed by atoms with Crippen LogP contribution in [0.3, 0.4) is 0 Å². The fourth-order valence-corrected chi connectivity index (χ4v) is 2.96. The fraction of sp³-hybridized carbons (Fsp3) is 0.136. The van der Waals surface area contributed by atoms with Gasteiger partial charge in [0.15, 0.2) is 0 Å². The number of nitrogens with one attached hydrogen (secondary N) is 1. The van der Waals surface area contributed by atoms with Gasteiger partial charge in [0, 0.05) is 27.1 Å². The zero-order valence-corrected chi connectivity index (χ0v) is 16.5. The van der Waals surface area contributed by atoms with Gasteiger partial charge in [-0.2, -0.15) is 0 Å². The van der Waals surface area contributed by atoms with Crippen LogP contribution in [0, 0.1) is 17.0 Å². The molecule has 148 valence electrons. The highest BCUT2D eigenvalue weighted by molar-refractivity contribution is 6.30. The molecule has 0 aliphatic carbocycles. The Labute approximate surface area is 173 Å². The van der Waals surface area contributed by atoms with Crippen LogP contribution < -0.4 is 10.1 Å². The van der Waals surface area contributed by atoms with Gasteiger partial charge in [0.25, 0.3) is 5.91 Å². The fourth-order valence-electron chi connectivity index (χ4n) is 2.80. The van der Waals surface area contributed by atoms with Crippen LogP contribution in [-0.2, 0) is 13.2 Å². The van der Waals surface area contributed by atoms with Crippen molar-refractivity contribution in [3.05, 3.63) is 104 Å². The van der Waals surface area contributed by atoms with E-state index in [-0.39, 0.29) is 12.5 Å². The van der Waals surface area contributed by atoms with E-state index in [0.29, 0.717) is 39.8 Å². The van der Waals surface area contributed by atoms with Gasteiger partial charge in [0.05, 0.1) is 5.69 Å². The summed E-state index contributed by atoms with van der Waals surface area (Å²) >= 11 is 6.08. The number of benzene rings is 3. The molecule has 0 saturated heterocycles. The van der Waals surface area contributed by atoms with Gasteiger partial charge in [0.2, 0.25) is 6.54 Å². The smallest absolute Gasteiger partial charge is 0.255 e. The molecule has 0 aliphatic heterocycles. The Morgan fingerprint density at radius 2 is 1.86 bits per heavy atom. The van der Waals surface area contributed by atoms with E-state index in [2.05, 4.69) is 5.32 Å². The van der Waals surface area contributed by atoms with Crippen LogP contribution in [0.25, 0.3) is 0 Å². The summed E-state index contributed by atoms with van der Waals surface area (Å²) in [5.74, 6) is 0.115. The highest BCUT2D eigenvalue weighted by atomic mass is 35.5. The summed E-state index contributed by atoms with van der Waals surface area (Å²) < 4.78 is 5.85. The molecular formula is C22H19ClN2O4. The zero-order chi connectivity index (χ0) is 20.8. The first-order valence-corrected chi connectivity index (χ1v) is 9.29. The Bertz CT molecular complexity index is 1040. The minimum absolute atomic E-state index is 0.275. The number of carbonyl (C=O) groups excluding carboxylic acids is 1. The summed E-state index contributed by atoms with van der Waals surface area (Å²) in [6.07, 6.45) is 0. The largest absolute Gasteiger partial charge is 0.487 e. The Morgan fingerprint density at radius 3 is 2.55 bits per heavy atom. The quantitative estimate of drug-likeness (QED) is 0.425. The molecule has 0 atom stereocenters. The maximum atomic E-state index is 12.7. The van der Waals surface area contributed by atoms with Gasteiger partial charge in [-0.25, -0.2) is 0 Å². The molecule has 6 nitrogen and oxygen atoms in total. The third-order valence-corrected chi connectivity index (χ3v) is 4.57. The van der Waals surface area contributed by atoms with Crippen LogP contribution in [0.1, 0.15) is 27.0 Å². The molecule has 0 unspecified atom stereocenters. The normalized spacial score (nSPS) is 10.4. The highest BCUT2D eigenvalue weighted by Crippen LogP contribution is 2.29. The van der Waals surface area contributed by atoms with Crippen molar-refractivity contribution >= 4 is 23.2 Å². The summed E-state index contributed by atoms with van der Waals surface area (Å²) in [6.45, 7) is 1.80. The molecule has 0 aliphatic rings. The van der Waals surface area contributed by atoms with Gasteiger partial charge in [-0.1, -0.05) is 48.0 Å². The predicted octanol–water partition coefficient (Wildman–Crippen LogP) is 5.26. The Hall–Kier alpha value is -3.38. The third-order valence-electron chi connectivity index (χ3n) is 4.33. The predicted molar refractivity (Wildman–Crippen MR) is 112 cm³/mol. The summed E-state index contributed by atoms with van der Waals surface area (Å²) in [6, 6.07) is 19.4. The van der Waals surface area contributed by atoms with Crippen molar-refractivity contribution in [3.8, 4) is 5.75 Å². The number of nitrogens with zero attached hydrogens (tertiary/aromatic N) is 1. The number of rotatable bonds is 7. The van der Waals surface area contributed by atoms with Crippen LogP contribution in [-0.4, -0.2) is 10.8 Å². The van der Waals surface area contributed by atoms with Crippen molar-refractivity contribution in [3.63, 3.8) is 0 Å². The van der Waals surface area contributed by atoms with Gasteiger partial charge in [-0.3, -0.25) is 14.9 Å². The molecule has 0 spiro atoms. The van der Waals surface area contributed by atoms with Gasteiger partial charge in [-0.05, 0) is 42.3 Å². The van der Waals surface area contributed by atoms with Crippen molar-refractivity contribution in [1.29, 1.82) is 0 Å². The lowest BCUT2D eigenvalue weighted by Crippen LogP contribution is -2.14.